The van der Waals surface area contributed by atoms with Crippen molar-refractivity contribution in [3.63, 3.8) is 0 Å². The molecule has 1 saturated heterocycles. The van der Waals surface area contributed by atoms with E-state index in [1.54, 1.807) is 16.6 Å². The summed E-state index contributed by atoms with van der Waals surface area (Å²) in [7, 11) is -1.25. The van der Waals surface area contributed by atoms with Crippen LogP contribution in [0.25, 0.3) is 0 Å². The van der Waals surface area contributed by atoms with E-state index in [0.717, 1.165) is 31.4 Å². The molecular formula is C15H24N4O3S. The average Bonchev–Trinajstić information content (AvgIpc) is 3.08. The van der Waals surface area contributed by atoms with Crippen molar-refractivity contribution in [3.05, 3.63) is 11.8 Å². The summed E-state index contributed by atoms with van der Waals surface area (Å²) in [6.07, 6.45) is 4.17. The third kappa shape index (κ3) is 3.08. The number of anilines is 1. The van der Waals surface area contributed by atoms with Crippen molar-refractivity contribution in [2.24, 2.45) is 7.05 Å². The predicted octanol–water partition coefficient (Wildman–Crippen LogP) is 1.56. The smallest absolute Gasteiger partial charge is 0.319 e. The highest BCUT2D eigenvalue weighted by Gasteiger charge is 2.46. The number of hydrogen-bond donors (Lipinski definition) is 1. The Balaban J connectivity index is 1.73. The first-order valence-corrected chi connectivity index (χ1v) is 9.96. The van der Waals surface area contributed by atoms with Crippen LogP contribution in [0.2, 0.25) is 0 Å². The molecule has 1 aromatic heterocycles. The maximum atomic E-state index is 12.6. The Bertz CT molecular complexity index is 698. The molecule has 7 nitrogen and oxygen atoms in total. The van der Waals surface area contributed by atoms with Crippen molar-refractivity contribution in [3.8, 4) is 0 Å². The number of rotatable bonds is 3. The fourth-order valence-corrected chi connectivity index (χ4v) is 5.72. The summed E-state index contributed by atoms with van der Waals surface area (Å²) < 4.78 is 26.0. The van der Waals surface area contributed by atoms with Gasteiger partial charge in [0.15, 0.2) is 9.84 Å². The number of carbonyl (C=O) groups excluding carboxylic acids is 1. The minimum absolute atomic E-state index is 0.0635. The first kappa shape index (κ1) is 16.3. The van der Waals surface area contributed by atoms with Gasteiger partial charge in [0.1, 0.15) is 5.82 Å². The number of carbonyl (C=O) groups is 1. The van der Waals surface area contributed by atoms with Crippen molar-refractivity contribution in [1.82, 2.24) is 14.7 Å². The molecule has 3 rings (SSSR count). The Morgan fingerprint density at radius 1 is 1.43 bits per heavy atom. The van der Waals surface area contributed by atoms with Gasteiger partial charge in [0.05, 0.1) is 22.7 Å². The highest BCUT2D eigenvalue weighted by atomic mass is 32.2. The molecule has 2 amide bonds. The van der Waals surface area contributed by atoms with E-state index in [9.17, 15) is 13.2 Å². The van der Waals surface area contributed by atoms with Gasteiger partial charge in [-0.1, -0.05) is 13.3 Å². The van der Waals surface area contributed by atoms with Crippen LogP contribution in [0.15, 0.2) is 6.07 Å². The Hall–Kier alpha value is -1.57. The Labute approximate surface area is 137 Å². The molecular weight excluding hydrogens is 316 g/mol. The van der Waals surface area contributed by atoms with E-state index in [4.69, 9.17) is 0 Å². The molecule has 2 unspecified atom stereocenters. The lowest BCUT2D eigenvalue weighted by Crippen LogP contribution is -2.55. The molecule has 1 saturated carbocycles. The largest absolute Gasteiger partial charge is 0.323 e. The topological polar surface area (TPSA) is 84.3 Å². The lowest BCUT2D eigenvalue weighted by molar-refractivity contribution is 0.189. The molecule has 1 aliphatic carbocycles. The Kier molecular flexibility index (Phi) is 4.35. The van der Waals surface area contributed by atoms with Crippen LogP contribution in [0.3, 0.4) is 0 Å². The third-order valence-electron chi connectivity index (χ3n) is 4.83. The molecule has 23 heavy (non-hydrogen) atoms. The SMILES string of the molecule is CCCc1cc(NC(=O)N2CCS(=O)(=O)C3CCCC32)n(C)n1. The first-order chi connectivity index (χ1) is 10.9. The second-order valence-electron chi connectivity index (χ2n) is 6.42. The van der Waals surface area contributed by atoms with E-state index in [0.29, 0.717) is 12.2 Å². The predicted molar refractivity (Wildman–Crippen MR) is 88.1 cm³/mol. The van der Waals surface area contributed by atoms with Gasteiger partial charge in [-0.15, -0.1) is 0 Å². The van der Waals surface area contributed by atoms with E-state index < -0.39 is 9.84 Å². The van der Waals surface area contributed by atoms with Gasteiger partial charge in [0.25, 0.3) is 0 Å². The summed E-state index contributed by atoms with van der Waals surface area (Å²) >= 11 is 0. The zero-order valence-electron chi connectivity index (χ0n) is 13.7. The lowest BCUT2D eigenvalue weighted by Gasteiger charge is -2.37. The summed E-state index contributed by atoms with van der Waals surface area (Å²) in [6, 6.07) is 1.48. The molecule has 0 aromatic carbocycles. The summed E-state index contributed by atoms with van der Waals surface area (Å²) in [5, 5.41) is 6.88. The van der Waals surface area contributed by atoms with Crippen LogP contribution in [0, 0.1) is 0 Å². The van der Waals surface area contributed by atoms with Crippen molar-refractivity contribution in [1.29, 1.82) is 0 Å². The number of nitrogens with one attached hydrogen (secondary N) is 1. The van der Waals surface area contributed by atoms with E-state index >= 15 is 0 Å². The van der Waals surface area contributed by atoms with Crippen LogP contribution >= 0.6 is 0 Å². The monoisotopic (exact) mass is 340 g/mol. The molecule has 2 atom stereocenters. The molecule has 1 aromatic rings. The van der Waals surface area contributed by atoms with Crippen molar-refractivity contribution in [2.45, 2.75) is 50.3 Å². The highest BCUT2D eigenvalue weighted by molar-refractivity contribution is 7.92. The maximum Gasteiger partial charge on any atom is 0.323 e. The number of sulfone groups is 1. The quantitative estimate of drug-likeness (QED) is 0.905. The average molecular weight is 340 g/mol. The number of aromatic nitrogens is 2. The van der Waals surface area contributed by atoms with Crippen LogP contribution in [0.1, 0.15) is 38.3 Å². The van der Waals surface area contributed by atoms with E-state index in [1.807, 2.05) is 6.07 Å². The molecule has 2 fully saturated rings. The maximum absolute atomic E-state index is 12.6. The van der Waals surface area contributed by atoms with Gasteiger partial charge in [-0.3, -0.25) is 10.00 Å². The summed E-state index contributed by atoms with van der Waals surface area (Å²) in [6.45, 7) is 2.36. The zero-order chi connectivity index (χ0) is 16.6. The van der Waals surface area contributed by atoms with Crippen LogP contribution < -0.4 is 5.32 Å². The normalized spacial score (nSPS) is 26.1. The summed E-state index contributed by atoms with van der Waals surface area (Å²) in [5.41, 5.74) is 0.949. The molecule has 8 heteroatoms. The standard InChI is InChI=1S/C15H24N4O3S/c1-3-5-11-10-14(18(2)17-11)16-15(20)19-8-9-23(21,22)13-7-4-6-12(13)19/h10,12-13H,3-9H2,1-2H3,(H,16,20). The van der Waals surface area contributed by atoms with Gasteiger partial charge in [-0.2, -0.15) is 5.10 Å². The molecule has 1 aliphatic heterocycles. The third-order valence-corrected chi connectivity index (χ3v) is 7.05. The van der Waals surface area contributed by atoms with E-state index in [2.05, 4.69) is 17.3 Å². The fourth-order valence-electron chi connectivity index (χ4n) is 3.68. The Morgan fingerprint density at radius 3 is 2.96 bits per heavy atom. The van der Waals surface area contributed by atoms with Gasteiger partial charge >= 0.3 is 6.03 Å². The van der Waals surface area contributed by atoms with Crippen molar-refractivity contribution < 1.29 is 13.2 Å². The molecule has 0 spiro atoms. The van der Waals surface area contributed by atoms with Crippen LogP contribution in [0.4, 0.5) is 10.6 Å². The second kappa shape index (κ2) is 6.14. The number of nitrogens with zero attached hydrogens (tertiary/aromatic N) is 3. The molecule has 0 bridgehead atoms. The number of fused-ring (bicyclic) bond motifs is 1. The van der Waals surface area contributed by atoms with Gasteiger partial charge in [0, 0.05) is 19.7 Å². The van der Waals surface area contributed by atoms with Crippen LogP contribution in [-0.2, 0) is 23.3 Å². The zero-order valence-corrected chi connectivity index (χ0v) is 14.5. The molecule has 128 valence electrons. The molecule has 0 radical (unpaired) electrons. The summed E-state index contributed by atoms with van der Waals surface area (Å²) in [4.78, 5) is 14.3. The Morgan fingerprint density at radius 2 is 2.22 bits per heavy atom. The first-order valence-electron chi connectivity index (χ1n) is 8.24. The van der Waals surface area contributed by atoms with Crippen LogP contribution in [-0.4, -0.2) is 52.7 Å². The minimum atomic E-state index is -3.05. The molecule has 2 aliphatic rings. The second-order valence-corrected chi connectivity index (χ2v) is 8.76. The van der Waals surface area contributed by atoms with E-state index in [1.165, 1.54) is 0 Å². The minimum Gasteiger partial charge on any atom is -0.319 e. The number of amides is 2. The van der Waals surface area contributed by atoms with Gasteiger partial charge in [-0.25, -0.2) is 13.2 Å². The number of aryl methyl sites for hydroxylation is 2. The van der Waals surface area contributed by atoms with E-state index in [-0.39, 0.29) is 29.6 Å². The lowest BCUT2D eigenvalue weighted by atomic mass is 10.2. The number of hydrogen-bond acceptors (Lipinski definition) is 4. The van der Waals surface area contributed by atoms with Crippen molar-refractivity contribution in [2.75, 3.05) is 17.6 Å². The highest BCUT2D eigenvalue weighted by Crippen LogP contribution is 2.33. The number of urea groups is 1. The molecule has 2 heterocycles. The van der Waals surface area contributed by atoms with Gasteiger partial charge in [0.2, 0.25) is 0 Å². The van der Waals surface area contributed by atoms with Crippen LogP contribution in [0.5, 0.6) is 0 Å². The summed E-state index contributed by atoms with van der Waals surface area (Å²) in [5.74, 6) is 0.718. The van der Waals surface area contributed by atoms with Gasteiger partial charge in [-0.05, 0) is 25.7 Å². The fraction of sp³-hybridized carbons (Fsp3) is 0.733. The van der Waals surface area contributed by atoms with Gasteiger partial charge < -0.3 is 4.90 Å². The molecule has 1 N–H and O–H groups in total. The van der Waals surface area contributed by atoms with Crippen molar-refractivity contribution >= 4 is 21.7 Å².